The first-order chi connectivity index (χ1) is 9.42. The zero-order valence-corrected chi connectivity index (χ0v) is 13.0. The van der Waals surface area contributed by atoms with Crippen LogP contribution in [0.5, 0.6) is 5.75 Å². The van der Waals surface area contributed by atoms with Gasteiger partial charge in [-0.15, -0.1) is 0 Å². The molecule has 0 aliphatic rings. The van der Waals surface area contributed by atoms with Crippen molar-refractivity contribution in [3.05, 3.63) is 18.2 Å². The molecule has 0 spiro atoms. The largest absolute Gasteiger partial charge is 0.494 e. The number of methoxy groups -OCH3 is 1. The fourth-order valence-electron chi connectivity index (χ4n) is 1.69. The summed E-state index contributed by atoms with van der Waals surface area (Å²) in [5.41, 5.74) is 6.78. The van der Waals surface area contributed by atoms with Gasteiger partial charge in [0.1, 0.15) is 5.75 Å². The van der Waals surface area contributed by atoms with Crippen molar-refractivity contribution in [2.75, 3.05) is 29.7 Å². The molecule has 1 rings (SSSR count). The first-order valence-corrected chi connectivity index (χ1v) is 7.99. The molecule has 0 bridgehead atoms. The second-order valence-corrected chi connectivity index (χ2v) is 6.58. The number of nitrogen functional groups attached to an aromatic ring is 1. The topological polar surface area (TPSA) is 81.4 Å². The van der Waals surface area contributed by atoms with Gasteiger partial charge in [0.15, 0.2) is 0 Å². The Balaban J connectivity index is 2.52. The summed E-state index contributed by atoms with van der Waals surface area (Å²) in [7, 11) is 0.564. The molecule has 1 amide bonds. The number of hydrogen-bond acceptors (Lipinski definition) is 4. The Labute approximate surface area is 122 Å². The van der Waals surface area contributed by atoms with Crippen LogP contribution >= 0.6 is 0 Å². The van der Waals surface area contributed by atoms with E-state index in [0.29, 0.717) is 34.5 Å². The normalized spacial score (nSPS) is 12.2. The van der Waals surface area contributed by atoms with E-state index >= 15 is 0 Å². The van der Waals surface area contributed by atoms with Crippen LogP contribution in [-0.4, -0.2) is 28.7 Å². The van der Waals surface area contributed by atoms with Crippen molar-refractivity contribution < 1.29 is 13.7 Å². The summed E-state index contributed by atoms with van der Waals surface area (Å²) in [5.74, 6) is 1.71. The summed E-state index contributed by atoms with van der Waals surface area (Å²) >= 11 is 0. The van der Waals surface area contributed by atoms with E-state index in [1.54, 1.807) is 18.2 Å². The number of nitrogens with two attached hydrogens (primary N) is 1. The summed E-state index contributed by atoms with van der Waals surface area (Å²) in [6.45, 7) is 4.02. The number of carbonyl (C=O) groups is 1. The van der Waals surface area contributed by atoms with E-state index < -0.39 is 10.8 Å². The number of benzene rings is 1. The third-order valence-electron chi connectivity index (χ3n) is 2.58. The van der Waals surface area contributed by atoms with E-state index in [9.17, 15) is 9.00 Å². The number of ether oxygens (including phenoxy) is 1. The molecule has 0 aliphatic carbocycles. The quantitative estimate of drug-likeness (QED) is 0.754. The number of hydrogen-bond donors (Lipinski definition) is 2. The standard InChI is InChI=1S/C14H22N2O3S/c1-10(2)9-20(18)7-6-14(17)16-12-5-4-11(15)8-13(12)19-3/h4-5,8,10H,6-7,9,15H2,1-3H3,(H,16,17). The van der Waals surface area contributed by atoms with Crippen LogP contribution in [0.3, 0.4) is 0 Å². The molecule has 1 atom stereocenters. The van der Waals surface area contributed by atoms with Gasteiger partial charge in [-0.2, -0.15) is 0 Å². The van der Waals surface area contributed by atoms with Gasteiger partial charge in [0.2, 0.25) is 5.91 Å². The van der Waals surface area contributed by atoms with E-state index in [4.69, 9.17) is 10.5 Å². The van der Waals surface area contributed by atoms with Crippen molar-refractivity contribution in [1.82, 2.24) is 0 Å². The first-order valence-electron chi connectivity index (χ1n) is 6.50. The molecule has 0 aliphatic heterocycles. The highest BCUT2D eigenvalue weighted by Crippen LogP contribution is 2.26. The number of amides is 1. The lowest BCUT2D eigenvalue weighted by molar-refractivity contribution is -0.115. The first kappa shape index (κ1) is 16.5. The molecule has 6 heteroatoms. The van der Waals surface area contributed by atoms with Crippen LogP contribution < -0.4 is 15.8 Å². The number of nitrogens with one attached hydrogen (secondary N) is 1. The lowest BCUT2D eigenvalue weighted by atomic mass is 10.2. The lowest BCUT2D eigenvalue weighted by Crippen LogP contribution is -2.17. The Hall–Kier alpha value is -1.56. The minimum atomic E-state index is -0.952. The molecular formula is C14H22N2O3S. The van der Waals surface area contributed by atoms with Gasteiger partial charge in [-0.05, 0) is 18.1 Å². The van der Waals surface area contributed by atoms with Gasteiger partial charge in [0, 0.05) is 40.5 Å². The van der Waals surface area contributed by atoms with E-state index in [0.717, 1.165) is 0 Å². The van der Waals surface area contributed by atoms with Crippen molar-refractivity contribution in [2.24, 2.45) is 5.92 Å². The van der Waals surface area contributed by atoms with E-state index in [1.165, 1.54) is 7.11 Å². The molecular weight excluding hydrogens is 276 g/mol. The van der Waals surface area contributed by atoms with Crippen molar-refractivity contribution >= 4 is 28.1 Å². The highest BCUT2D eigenvalue weighted by atomic mass is 32.2. The molecule has 0 saturated carbocycles. The summed E-state index contributed by atoms with van der Waals surface area (Å²) in [6.07, 6.45) is 0.229. The Bertz CT molecular complexity index is 489. The second kappa shape index (κ2) is 7.89. The smallest absolute Gasteiger partial charge is 0.225 e. The molecule has 1 aromatic carbocycles. The Morgan fingerprint density at radius 3 is 2.75 bits per heavy atom. The lowest BCUT2D eigenvalue weighted by Gasteiger charge is -2.11. The van der Waals surface area contributed by atoms with Crippen molar-refractivity contribution in [2.45, 2.75) is 20.3 Å². The van der Waals surface area contributed by atoms with Crippen LogP contribution in [0.1, 0.15) is 20.3 Å². The number of anilines is 2. The molecule has 0 radical (unpaired) electrons. The zero-order chi connectivity index (χ0) is 15.1. The van der Waals surface area contributed by atoms with Crippen LogP contribution in [0.4, 0.5) is 11.4 Å². The van der Waals surface area contributed by atoms with Gasteiger partial charge in [-0.25, -0.2) is 0 Å². The Morgan fingerprint density at radius 1 is 1.45 bits per heavy atom. The van der Waals surface area contributed by atoms with Gasteiger partial charge < -0.3 is 15.8 Å². The molecule has 20 heavy (non-hydrogen) atoms. The molecule has 1 aromatic rings. The molecule has 0 aromatic heterocycles. The Kier molecular flexibility index (Phi) is 6.51. The van der Waals surface area contributed by atoms with Crippen molar-refractivity contribution in [1.29, 1.82) is 0 Å². The van der Waals surface area contributed by atoms with Gasteiger partial charge in [0.05, 0.1) is 12.8 Å². The van der Waals surface area contributed by atoms with E-state index in [2.05, 4.69) is 5.32 Å². The summed E-state index contributed by atoms with van der Waals surface area (Å²) in [6, 6.07) is 5.03. The SMILES string of the molecule is COc1cc(N)ccc1NC(=O)CCS(=O)CC(C)C. The fourth-order valence-corrected chi connectivity index (χ4v) is 3.01. The molecule has 0 saturated heterocycles. The van der Waals surface area contributed by atoms with E-state index in [1.807, 2.05) is 13.8 Å². The van der Waals surface area contributed by atoms with Crippen molar-refractivity contribution in [3.8, 4) is 5.75 Å². The minimum absolute atomic E-state index is 0.176. The van der Waals surface area contributed by atoms with Gasteiger partial charge in [-0.3, -0.25) is 9.00 Å². The molecule has 0 fully saturated rings. The van der Waals surface area contributed by atoms with Gasteiger partial charge in [0.25, 0.3) is 0 Å². The summed E-state index contributed by atoms with van der Waals surface area (Å²) in [5, 5.41) is 2.74. The maximum Gasteiger partial charge on any atom is 0.225 e. The average molecular weight is 298 g/mol. The minimum Gasteiger partial charge on any atom is -0.494 e. The predicted molar refractivity (Wildman–Crippen MR) is 83.4 cm³/mol. The van der Waals surface area contributed by atoms with Crippen LogP contribution in [0.15, 0.2) is 18.2 Å². The molecule has 3 N–H and O–H groups in total. The maximum atomic E-state index is 11.8. The third kappa shape index (κ3) is 5.61. The van der Waals surface area contributed by atoms with Crippen LogP contribution in [0.2, 0.25) is 0 Å². The van der Waals surface area contributed by atoms with Gasteiger partial charge in [-0.1, -0.05) is 13.8 Å². The van der Waals surface area contributed by atoms with Gasteiger partial charge >= 0.3 is 0 Å². The summed E-state index contributed by atoms with van der Waals surface area (Å²) < 4.78 is 16.8. The fraction of sp³-hybridized carbons (Fsp3) is 0.500. The monoisotopic (exact) mass is 298 g/mol. The highest BCUT2D eigenvalue weighted by Gasteiger charge is 2.10. The molecule has 0 heterocycles. The van der Waals surface area contributed by atoms with Crippen LogP contribution in [0, 0.1) is 5.92 Å². The van der Waals surface area contributed by atoms with Crippen LogP contribution in [0.25, 0.3) is 0 Å². The van der Waals surface area contributed by atoms with E-state index in [-0.39, 0.29) is 12.3 Å². The average Bonchev–Trinajstić information content (AvgIpc) is 2.37. The second-order valence-electron chi connectivity index (χ2n) is 4.96. The third-order valence-corrected chi connectivity index (χ3v) is 4.27. The highest BCUT2D eigenvalue weighted by molar-refractivity contribution is 7.85. The molecule has 5 nitrogen and oxygen atoms in total. The summed E-state index contributed by atoms with van der Waals surface area (Å²) in [4.78, 5) is 11.8. The predicted octanol–water partition coefficient (Wildman–Crippen LogP) is 2.01. The maximum absolute atomic E-state index is 11.8. The molecule has 112 valence electrons. The Morgan fingerprint density at radius 2 is 2.15 bits per heavy atom. The molecule has 1 unspecified atom stereocenters. The van der Waals surface area contributed by atoms with Crippen molar-refractivity contribution in [3.63, 3.8) is 0 Å². The van der Waals surface area contributed by atoms with Crippen LogP contribution in [-0.2, 0) is 15.6 Å². The number of rotatable bonds is 7. The number of carbonyl (C=O) groups excluding carboxylic acids is 1. The zero-order valence-electron chi connectivity index (χ0n) is 12.1.